The van der Waals surface area contributed by atoms with Gasteiger partial charge in [0.15, 0.2) is 0 Å². The molecule has 0 aliphatic heterocycles. The van der Waals surface area contributed by atoms with E-state index in [9.17, 15) is 18.0 Å². The largest absolute Gasteiger partial charge is 0.355 e. The molecular weight excluding hydrogens is 342 g/mol. The summed E-state index contributed by atoms with van der Waals surface area (Å²) in [5.74, 6) is -0.534. The normalized spacial score (nSPS) is 11.0. The molecule has 0 bridgehead atoms. The van der Waals surface area contributed by atoms with E-state index in [4.69, 9.17) is 0 Å². The molecule has 3 N–H and O–H groups in total. The van der Waals surface area contributed by atoms with Gasteiger partial charge in [-0.2, -0.15) is 0 Å². The Hall–Kier alpha value is -2.71. The molecule has 8 heteroatoms. The zero-order valence-corrected chi connectivity index (χ0v) is 14.7. The molecule has 0 aliphatic carbocycles. The third kappa shape index (κ3) is 4.65. The summed E-state index contributed by atoms with van der Waals surface area (Å²) in [6, 6.07) is 12.5. The fourth-order valence-electron chi connectivity index (χ4n) is 2.15. The summed E-state index contributed by atoms with van der Waals surface area (Å²) in [6.45, 7) is 0.250. The maximum atomic E-state index is 12.2. The number of rotatable bonds is 6. The Bertz CT molecular complexity index is 877. The van der Waals surface area contributed by atoms with Gasteiger partial charge in [0.25, 0.3) is 11.8 Å². The molecule has 2 rings (SSSR count). The third-order valence-electron chi connectivity index (χ3n) is 3.56. The summed E-state index contributed by atoms with van der Waals surface area (Å²) in [5, 5.41) is 5.28. The molecule has 132 valence electrons. The summed E-state index contributed by atoms with van der Waals surface area (Å²) in [6.07, 6.45) is 0. The standard InChI is InChI=1S/C17H19N3O4S/c1-18-16(21)14-5-3-4-12(10-14)11-20-17(22)13-6-8-15(9-7-13)25(23,24)19-2/h3-10,19H,11H2,1-2H3,(H,18,21)(H,20,22). The lowest BCUT2D eigenvalue weighted by atomic mass is 10.1. The molecule has 7 nitrogen and oxygen atoms in total. The first-order chi connectivity index (χ1) is 11.9. The Kier molecular flexibility index (Phi) is 5.89. The van der Waals surface area contributed by atoms with Crippen LogP contribution < -0.4 is 15.4 Å². The van der Waals surface area contributed by atoms with E-state index in [1.54, 1.807) is 31.3 Å². The first kappa shape index (κ1) is 18.6. The topological polar surface area (TPSA) is 104 Å². The zero-order valence-electron chi connectivity index (χ0n) is 13.9. The van der Waals surface area contributed by atoms with Crippen LogP contribution >= 0.6 is 0 Å². The van der Waals surface area contributed by atoms with Crippen molar-refractivity contribution in [3.8, 4) is 0 Å². The molecule has 0 saturated heterocycles. The van der Waals surface area contributed by atoms with Crippen molar-refractivity contribution in [2.75, 3.05) is 14.1 Å². The molecule has 0 atom stereocenters. The molecular formula is C17H19N3O4S. The molecule has 0 unspecified atom stereocenters. The van der Waals surface area contributed by atoms with Gasteiger partial charge in [0.2, 0.25) is 10.0 Å². The predicted molar refractivity (Wildman–Crippen MR) is 93.7 cm³/mol. The minimum Gasteiger partial charge on any atom is -0.355 e. The number of nitrogens with one attached hydrogen (secondary N) is 3. The van der Waals surface area contributed by atoms with Crippen LogP contribution in [-0.2, 0) is 16.6 Å². The van der Waals surface area contributed by atoms with E-state index in [0.29, 0.717) is 11.1 Å². The fourth-order valence-corrected chi connectivity index (χ4v) is 2.88. The number of sulfonamides is 1. The highest BCUT2D eigenvalue weighted by molar-refractivity contribution is 7.89. The summed E-state index contributed by atoms with van der Waals surface area (Å²) < 4.78 is 25.5. The van der Waals surface area contributed by atoms with Gasteiger partial charge < -0.3 is 10.6 Å². The van der Waals surface area contributed by atoms with Crippen LogP contribution in [0.3, 0.4) is 0 Å². The quantitative estimate of drug-likeness (QED) is 0.710. The van der Waals surface area contributed by atoms with Crippen molar-refractivity contribution in [3.05, 3.63) is 65.2 Å². The smallest absolute Gasteiger partial charge is 0.251 e. The van der Waals surface area contributed by atoms with Crippen LogP contribution in [0.5, 0.6) is 0 Å². The van der Waals surface area contributed by atoms with Gasteiger partial charge in [0.05, 0.1) is 4.90 Å². The van der Waals surface area contributed by atoms with E-state index in [1.807, 2.05) is 0 Å². The molecule has 2 amide bonds. The SMILES string of the molecule is CNC(=O)c1cccc(CNC(=O)c2ccc(S(=O)(=O)NC)cc2)c1. The van der Waals surface area contributed by atoms with Gasteiger partial charge in [-0.1, -0.05) is 12.1 Å². The highest BCUT2D eigenvalue weighted by Gasteiger charge is 2.12. The van der Waals surface area contributed by atoms with Crippen molar-refractivity contribution in [1.82, 2.24) is 15.4 Å². The summed E-state index contributed by atoms with van der Waals surface area (Å²) >= 11 is 0. The van der Waals surface area contributed by atoms with Crippen molar-refractivity contribution in [2.24, 2.45) is 0 Å². The third-order valence-corrected chi connectivity index (χ3v) is 5.00. The second-order valence-electron chi connectivity index (χ2n) is 5.19. The number of carbonyl (C=O) groups is 2. The van der Waals surface area contributed by atoms with Crippen LogP contribution in [-0.4, -0.2) is 34.3 Å². The number of hydrogen-bond acceptors (Lipinski definition) is 4. The molecule has 0 heterocycles. The van der Waals surface area contributed by atoms with Gasteiger partial charge in [0.1, 0.15) is 0 Å². The zero-order chi connectivity index (χ0) is 18.4. The molecule has 25 heavy (non-hydrogen) atoms. The summed E-state index contributed by atoms with van der Waals surface area (Å²) in [4.78, 5) is 23.9. The van der Waals surface area contributed by atoms with Crippen LogP contribution in [0.1, 0.15) is 26.3 Å². The van der Waals surface area contributed by atoms with Crippen LogP contribution in [0.4, 0.5) is 0 Å². The van der Waals surface area contributed by atoms with Crippen molar-refractivity contribution >= 4 is 21.8 Å². The van der Waals surface area contributed by atoms with E-state index < -0.39 is 10.0 Å². The maximum Gasteiger partial charge on any atom is 0.251 e. The number of hydrogen-bond donors (Lipinski definition) is 3. The van der Waals surface area contributed by atoms with E-state index in [0.717, 1.165) is 5.56 Å². The second kappa shape index (κ2) is 7.91. The van der Waals surface area contributed by atoms with Crippen LogP contribution in [0, 0.1) is 0 Å². The number of benzene rings is 2. The molecule has 0 fully saturated rings. The lowest BCUT2D eigenvalue weighted by Crippen LogP contribution is -2.24. The Balaban J connectivity index is 2.04. The Morgan fingerprint density at radius 2 is 1.60 bits per heavy atom. The Labute approximate surface area is 146 Å². The van der Waals surface area contributed by atoms with Crippen molar-refractivity contribution < 1.29 is 18.0 Å². The molecule has 0 aliphatic rings. The summed E-state index contributed by atoms with van der Waals surface area (Å²) in [7, 11) is -0.658. The number of amides is 2. The molecule has 2 aromatic rings. The van der Waals surface area contributed by atoms with Gasteiger partial charge in [-0.3, -0.25) is 9.59 Å². The average molecular weight is 361 g/mol. The number of carbonyl (C=O) groups excluding carboxylic acids is 2. The first-order valence-corrected chi connectivity index (χ1v) is 8.98. The Morgan fingerprint density at radius 3 is 2.20 bits per heavy atom. The van der Waals surface area contributed by atoms with Gasteiger partial charge in [-0.25, -0.2) is 13.1 Å². The van der Waals surface area contributed by atoms with Crippen LogP contribution in [0.15, 0.2) is 53.4 Å². The van der Waals surface area contributed by atoms with Gasteiger partial charge in [-0.05, 0) is 49.0 Å². The molecule has 0 spiro atoms. The van der Waals surface area contributed by atoms with Crippen LogP contribution in [0.25, 0.3) is 0 Å². The molecule has 0 aromatic heterocycles. The van der Waals surface area contributed by atoms with Crippen molar-refractivity contribution in [2.45, 2.75) is 11.4 Å². The van der Waals surface area contributed by atoms with E-state index in [1.165, 1.54) is 31.3 Å². The summed E-state index contributed by atoms with van der Waals surface area (Å²) in [5.41, 5.74) is 1.64. The van der Waals surface area contributed by atoms with Crippen LogP contribution in [0.2, 0.25) is 0 Å². The highest BCUT2D eigenvalue weighted by atomic mass is 32.2. The fraction of sp³-hybridized carbons (Fsp3) is 0.176. The minimum absolute atomic E-state index is 0.0878. The molecule has 2 aromatic carbocycles. The van der Waals surface area contributed by atoms with Gasteiger partial charge >= 0.3 is 0 Å². The maximum absolute atomic E-state index is 12.2. The Morgan fingerprint density at radius 1 is 0.920 bits per heavy atom. The second-order valence-corrected chi connectivity index (χ2v) is 7.08. The monoisotopic (exact) mass is 361 g/mol. The predicted octanol–water partition coefficient (Wildman–Crippen LogP) is 0.884. The first-order valence-electron chi connectivity index (χ1n) is 7.50. The van der Waals surface area contributed by atoms with Crippen molar-refractivity contribution in [1.29, 1.82) is 0 Å². The van der Waals surface area contributed by atoms with Crippen molar-refractivity contribution in [3.63, 3.8) is 0 Å². The lowest BCUT2D eigenvalue weighted by Gasteiger charge is -2.08. The van der Waals surface area contributed by atoms with E-state index in [-0.39, 0.29) is 23.3 Å². The molecule has 0 saturated carbocycles. The van der Waals surface area contributed by atoms with Gasteiger partial charge in [0, 0.05) is 24.7 Å². The van der Waals surface area contributed by atoms with E-state index in [2.05, 4.69) is 15.4 Å². The average Bonchev–Trinajstić information content (AvgIpc) is 2.65. The van der Waals surface area contributed by atoms with E-state index >= 15 is 0 Å². The lowest BCUT2D eigenvalue weighted by molar-refractivity contribution is 0.0948. The molecule has 0 radical (unpaired) electrons. The van der Waals surface area contributed by atoms with Gasteiger partial charge in [-0.15, -0.1) is 0 Å². The highest BCUT2D eigenvalue weighted by Crippen LogP contribution is 2.11. The minimum atomic E-state index is -3.53.